The van der Waals surface area contributed by atoms with Gasteiger partial charge in [0.25, 0.3) is 0 Å². The van der Waals surface area contributed by atoms with Crippen molar-refractivity contribution in [2.24, 2.45) is 13.0 Å². The number of hydrogen-bond donors (Lipinski definition) is 2. The van der Waals surface area contributed by atoms with E-state index in [0.29, 0.717) is 16.9 Å². The molecule has 2 aromatic heterocycles. The van der Waals surface area contributed by atoms with Gasteiger partial charge in [0, 0.05) is 13.1 Å². The number of aryl methyl sites for hydroxylation is 1. The molecule has 9 heteroatoms. The number of aromatic nitrogens is 3. The number of urea groups is 1. The lowest BCUT2D eigenvalue weighted by Gasteiger charge is -2.29. The Kier molecular flexibility index (Phi) is 6.20. The number of imide groups is 1. The summed E-state index contributed by atoms with van der Waals surface area (Å²) in [4.78, 5) is 24.1. The fourth-order valence-electron chi connectivity index (χ4n) is 3.32. The third kappa shape index (κ3) is 4.71. The topological polar surface area (TPSA) is 102 Å². The second kappa shape index (κ2) is 8.60. The van der Waals surface area contributed by atoms with Crippen LogP contribution in [0.3, 0.4) is 0 Å². The average Bonchev–Trinajstić information content (AvgIpc) is 3.20. The Labute approximate surface area is 162 Å². The first-order valence-corrected chi connectivity index (χ1v) is 10.1. The Balaban J connectivity index is 1.50. The zero-order valence-corrected chi connectivity index (χ0v) is 16.6. The maximum absolute atomic E-state index is 12.1. The molecule has 0 unspecified atom stereocenters. The van der Waals surface area contributed by atoms with Crippen molar-refractivity contribution < 1.29 is 14.0 Å². The number of furan rings is 1. The van der Waals surface area contributed by atoms with Crippen LogP contribution in [0.15, 0.2) is 21.9 Å². The molecule has 1 saturated carbocycles. The van der Waals surface area contributed by atoms with Gasteiger partial charge in [-0.2, -0.15) is 0 Å². The van der Waals surface area contributed by atoms with E-state index in [2.05, 4.69) is 27.8 Å². The van der Waals surface area contributed by atoms with Gasteiger partial charge in [-0.05, 0) is 31.7 Å². The molecule has 0 aromatic carbocycles. The van der Waals surface area contributed by atoms with E-state index in [4.69, 9.17) is 4.42 Å². The highest BCUT2D eigenvalue weighted by molar-refractivity contribution is 7.99. The van der Waals surface area contributed by atoms with Crippen molar-refractivity contribution in [3.63, 3.8) is 0 Å². The standard InChI is InChI=1S/C18H25N5O3S/c1-11-6-4-5-7-14(11)19-17(25)20-15(24)10-27-18-22-21-16(23(18)3)13-8-9-26-12(13)2/h8-9,11,14H,4-7,10H2,1-3H3,(H2,19,20,24,25)/t11-,14-/m0/s1. The molecule has 0 radical (unpaired) electrons. The number of amides is 3. The molecule has 1 aliphatic carbocycles. The molecule has 2 heterocycles. The number of carbonyl (C=O) groups excluding carboxylic acids is 2. The van der Waals surface area contributed by atoms with Crippen LogP contribution >= 0.6 is 11.8 Å². The summed E-state index contributed by atoms with van der Waals surface area (Å²) in [6, 6.07) is 1.54. The number of thioether (sulfide) groups is 1. The first-order chi connectivity index (χ1) is 13.0. The lowest BCUT2D eigenvalue weighted by molar-refractivity contribution is -0.117. The van der Waals surface area contributed by atoms with Gasteiger partial charge < -0.3 is 14.3 Å². The molecule has 146 valence electrons. The van der Waals surface area contributed by atoms with Crippen LogP contribution in [0.4, 0.5) is 4.79 Å². The SMILES string of the molecule is Cc1occc1-c1nnc(SCC(=O)NC(=O)N[C@H]2CCCC[C@@H]2C)n1C. The van der Waals surface area contributed by atoms with Crippen LogP contribution < -0.4 is 10.6 Å². The summed E-state index contributed by atoms with van der Waals surface area (Å²) < 4.78 is 7.10. The van der Waals surface area contributed by atoms with Crippen LogP contribution in [0, 0.1) is 12.8 Å². The van der Waals surface area contributed by atoms with E-state index in [1.54, 1.807) is 10.8 Å². The Hall–Kier alpha value is -2.29. The van der Waals surface area contributed by atoms with Crippen molar-refractivity contribution in [2.75, 3.05) is 5.75 Å². The van der Waals surface area contributed by atoms with Gasteiger partial charge in [0.15, 0.2) is 11.0 Å². The molecule has 0 bridgehead atoms. The quantitative estimate of drug-likeness (QED) is 0.760. The molecule has 3 rings (SSSR count). The van der Waals surface area contributed by atoms with E-state index in [1.165, 1.54) is 18.2 Å². The van der Waals surface area contributed by atoms with Gasteiger partial charge in [-0.25, -0.2) is 4.79 Å². The minimum atomic E-state index is -0.424. The third-order valence-electron chi connectivity index (χ3n) is 4.95. The summed E-state index contributed by atoms with van der Waals surface area (Å²) in [5.74, 6) is 1.60. The summed E-state index contributed by atoms with van der Waals surface area (Å²) in [7, 11) is 1.83. The maximum Gasteiger partial charge on any atom is 0.321 e. The molecule has 27 heavy (non-hydrogen) atoms. The highest BCUT2D eigenvalue weighted by Gasteiger charge is 2.23. The van der Waals surface area contributed by atoms with Gasteiger partial charge in [0.05, 0.1) is 17.6 Å². The molecule has 2 atom stereocenters. The van der Waals surface area contributed by atoms with E-state index < -0.39 is 6.03 Å². The molecule has 2 aromatic rings. The minimum absolute atomic E-state index is 0.0873. The van der Waals surface area contributed by atoms with E-state index in [1.807, 2.05) is 20.0 Å². The van der Waals surface area contributed by atoms with Gasteiger partial charge in [-0.3, -0.25) is 10.1 Å². The second-order valence-corrected chi connectivity index (χ2v) is 7.88. The summed E-state index contributed by atoms with van der Waals surface area (Å²) in [6.07, 6.45) is 6.00. The number of nitrogens with one attached hydrogen (secondary N) is 2. The van der Waals surface area contributed by atoms with Crippen molar-refractivity contribution in [2.45, 2.75) is 50.7 Å². The largest absolute Gasteiger partial charge is 0.469 e. The van der Waals surface area contributed by atoms with Crippen LogP contribution in [-0.4, -0.2) is 38.5 Å². The fraction of sp³-hybridized carbons (Fsp3) is 0.556. The van der Waals surface area contributed by atoms with E-state index in [9.17, 15) is 9.59 Å². The Morgan fingerprint density at radius 2 is 2.11 bits per heavy atom. The lowest BCUT2D eigenvalue weighted by atomic mass is 9.86. The zero-order chi connectivity index (χ0) is 19.4. The molecule has 0 spiro atoms. The highest BCUT2D eigenvalue weighted by Crippen LogP contribution is 2.26. The Bertz CT molecular complexity index is 816. The summed E-state index contributed by atoms with van der Waals surface area (Å²) in [5.41, 5.74) is 0.863. The Morgan fingerprint density at radius 1 is 1.33 bits per heavy atom. The van der Waals surface area contributed by atoms with Gasteiger partial charge in [-0.1, -0.05) is 31.5 Å². The normalized spacial score (nSPS) is 19.7. The van der Waals surface area contributed by atoms with Crippen LogP contribution in [0.2, 0.25) is 0 Å². The van der Waals surface area contributed by atoms with Crippen molar-refractivity contribution in [1.82, 2.24) is 25.4 Å². The van der Waals surface area contributed by atoms with E-state index in [-0.39, 0.29) is 17.7 Å². The van der Waals surface area contributed by atoms with E-state index >= 15 is 0 Å². The van der Waals surface area contributed by atoms with Crippen molar-refractivity contribution in [3.8, 4) is 11.4 Å². The number of nitrogens with zero attached hydrogens (tertiary/aromatic N) is 3. The summed E-state index contributed by atoms with van der Waals surface area (Å²) >= 11 is 1.23. The van der Waals surface area contributed by atoms with Crippen LogP contribution in [0.5, 0.6) is 0 Å². The van der Waals surface area contributed by atoms with Crippen molar-refractivity contribution in [1.29, 1.82) is 0 Å². The van der Waals surface area contributed by atoms with Crippen LogP contribution in [0.1, 0.15) is 38.4 Å². The summed E-state index contributed by atoms with van der Waals surface area (Å²) in [5, 5.41) is 14.2. The average molecular weight is 391 g/mol. The first kappa shape index (κ1) is 19.5. The monoisotopic (exact) mass is 391 g/mol. The maximum atomic E-state index is 12.1. The van der Waals surface area contributed by atoms with Crippen molar-refractivity contribution in [3.05, 3.63) is 18.1 Å². The predicted molar refractivity (Wildman–Crippen MR) is 102 cm³/mol. The molecule has 0 aliphatic heterocycles. The van der Waals surface area contributed by atoms with Gasteiger partial charge in [0.2, 0.25) is 5.91 Å². The van der Waals surface area contributed by atoms with Crippen molar-refractivity contribution >= 4 is 23.7 Å². The van der Waals surface area contributed by atoms with Crippen LogP contribution in [-0.2, 0) is 11.8 Å². The number of carbonyl (C=O) groups is 2. The zero-order valence-electron chi connectivity index (χ0n) is 15.8. The summed E-state index contributed by atoms with van der Waals surface area (Å²) in [6.45, 7) is 3.99. The number of rotatable bonds is 5. The molecule has 2 N–H and O–H groups in total. The molecule has 0 saturated heterocycles. The van der Waals surface area contributed by atoms with Gasteiger partial charge in [-0.15, -0.1) is 10.2 Å². The lowest BCUT2D eigenvalue weighted by Crippen LogP contribution is -2.48. The highest BCUT2D eigenvalue weighted by atomic mass is 32.2. The number of hydrogen-bond acceptors (Lipinski definition) is 6. The van der Waals surface area contributed by atoms with Gasteiger partial charge >= 0.3 is 6.03 Å². The van der Waals surface area contributed by atoms with Crippen LogP contribution in [0.25, 0.3) is 11.4 Å². The molecule has 8 nitrogen and oxygen atoms in total. The second-order valence-electron chi connectivity index (χ2n) is 6.93. The molecule has 1 aliphatic rings. The smallest absolute Gasteiger partial charge is 0.321 e. The minimum Gasteiger partial charge on any atom is -0.469 e. The fourth-order valence-corrected chi connectivity index (χ4v) is 4.03. The first-order valence-electron chi connectivity index (χ1n) is 9.12. The third-order valence-corrected chi connectivity index (χ3v) is 5.97. The molecule has 1 fully saturated rings. The Morgan fingerprint density at radius 3 is 2.81 bits per heavy atom. The van der Waals surface area contributed by atoms with E-state index in [0.717, 1.165) is 30.6 Å². The predicted octanol–water partition coefficient (Wildman–Crippen LogP) is 2.88. The van der Waals surface area contributed by atoms with Gasteiger partial charge in [0.1, 0.15) is 5.76 Å². The molecular weight excluding hydrogens is 366 g/mol. The molecule has 3 amide bonds. The molecular formula is C18H25N5O3S.